The van der Waals surface area contributed by atoms with Gasteiger partial charge in [-0.1, -0.05) is 5.21 Å². The van der Waals surface area contributed by atoms with Gasteiger partial charge in [0.05, 0.1) is 45.8 Å². The minimum absolute atomic E-state index is 0.333. The molecule has 0 amide bonds. The van der Waals surface area contributed by atoms with Crippen LogP contribution in [-0.4, -0.2) is 101 Å². The van der Waals surface area contributed by atoms with E-state index in [-0.39, 0.29) is 0 Å². The van der Waals surface area contributed by atoms with E-state index in [1.54, 1.807) is 23.9 Å². The summed E-state index contributed by atoms with van der Waals surface area (Å²) in [5.74, 6) is 0.667. The van der Waals surface area contributed by atoms with Gasteiger partial charge in [0.25, 0.3) is 0 Å². The molecule has 0 aliphatic rings. The fraction of sp³-hybridized carbons (Fsp3) is 0.438. The van der Waals surface area contributed by atoms with Crippen molar-refractivity contribution < 1.29 is 14.2 Å². The Balaban J connectivity index is 1.42. The van der Waals surface area contributed by atoms with Crippen LogP contribution in [0.4, 0.5) is 0 Å². The van der Waals surface area contributed by atoms with E-state index in [1.165, 1.54) is 0 Å². The number of ether oxygens (including phenoxy) is 3. The average Bonchev–Trinajstić information content (AvgIpc) is 3.58. The molecule has 4 rings (SSSR count). The molecule has 0 aromatic carbocycles. The lowest BCUT2D eigenvalue weighted by molar-refractivity contribution is 0.0224. The standard InChI is InChI=1S/C16H20N12O3/c1-29-4-5-31-7-6-30-3-2-28-10-14(18-27-28)11-8-12(15-19-23-24-20-15)17-13(9-11)16-21-25-26-22-16/h8-10H,2-7H2,1H3,(H,19,20,23,24)(H,21,22,25,26). The number of aromatic amines is 2. The van der Waals surface area contributed by atoms with Gasteiger partial charge in [0.15, 0.2) is 0 Å². The molecule has 0 aliphatic heterocycles. The molecule has 0 atom stereocenters. The highest BCUT2D eigenvalue weighted by molar-refractivity contribution is 5.70. The molecule has 15 nitrogen and oxygen atoms in total. The Labute approximate surface area is 175 Å². The highest BCUT2D eigenvalue weighted by Crippen LogP contribution is 2.25. The summed E-state index contributed by atoms with van der Waals surface area (Å²) in [6.07, 6.45) is 1.81. The van der Waals surface area contributed by atoms with Crippen LogP contribution in [0.15, 0.2) is 18.3 Å². The van der Waals surface area contributed by atoms with Crippen LogP contribution in [0.1, 0.15) is 0 Å². The summed E-state index contributed by atoms with van der Waals surface area (Å²) in [4.78, 5) is 4.48. The van der Waals surface area contributed by atoms with Gasteiger partial charge in [-0.15, -0.1) is 25.5 Å². The van der Waals surface area contributed by atoms with Gasteiger partial charge in [-0.2, -0.15) is 10.4 Å². The summed E-state index contributed by atoms with van der Waals surface area (Å²) in [7, 11) is 1.64. The van der Waals surface area contributed by atoms with Gasteiger partial charge in [-0.3, -0.25) is 0 Å². The van der Waals surface area contributed by atoms with Crippen molar-refractivity contribution in [2.45, 2.75) is 6.54 Å². The van der Waals surface area contributed by atoms with Crippen LogP contribution >= 0.6 is 0 Å². The topological polar surface area (TPSA) is 180 Å². The second kappa shape index (κ2) is 10.4. The number of methoxy groups -OCH3 is 1. The largest absolute Gasteiger partial charge is 0.382 e. The van der Waals surface area contributed by atoms with E-state index in [1.807, 2.05) is 6.20 Å². The third-order valence-corrected chi connectivity index (χ3v) is 4.08. The molecule has 15 heteroatoms. The highest BCUT2D eigenvalue weighted by atomic mass is 16.5. The Bertz CT molecular complexity index is 997. The summed E-state index contributed by atoms with van der Waals surface area (Å²) < 4.78 is 17.5. The van der Waals surface area contributed by atoms with Crippen molar-refractivity contribution in [2.24, 2.45) is 0 Å². The van der Waals surface area contributed by atoms with Gasteiger partial charge < -0.3 is 14.2 Å². The molecule has 4 aromatic heterocycles. The Morgan fingerprint density at radius 1 is 0.806 bits per heavy atom. The second-order valence-electron chi connectivity index (χ2n) is 6.18. The van der Waals surface area contributed by atoms with Gasteiger partial charge in [0.1, 0.15) is 17.1 Å². The highest BCUT2D eigenvalue weighted by Gasteiger charge is 2.15. The summed E-state index contributed by atoms with van der Waals surface area (Å²) in [6, 6.07) is 3.58. The van der Waals surface area contributed by atoms with E-state index in [0.29, 0.717) is 68.3 Å². The number of tetrazole rings is 2. The first-order chi connectivity index (χ1) is 15.3. The van der Waals surface area contributed by atoms with Crippen LogP contribution in [0.3, 0.4) is 0 Å². The third-order valence-electron chi connectivity index (χ3n) is 4.08. The van der Waals surface area contributed by atoms with Crippen molar-refractivity contribution in [3.63, 3.8) is 0 Å². The summed E-state index contributed by atoms with van der Waals surface area (Å²) in [5, 5.41) is 36.3. The zero-order chi connectivity index (χ0) is 21.3. The van der Waals surface area contributed by atoms with Crippen molar-refractivity contribution in [1.82, 2.24) is 61.2 Å². The normalized spacial score (nSPS) is 11.3. The van der Waals surface area contributed by atoms with Crippen molar-refractivity contribution in [1.29, 1.82) is 0 Å². The average molecular weight is 428 g/mol. The second-order valence-corrected chi connectivity index (χ2v) is 6.18. The lowest BCUT2D eigenvalue weighted by Crippen LogP contribution is -2.12. The van der Waals surface area contributed by atoms with Gasteiger partial charge in [-0.05, 0) is 22.6 Å². The number of hydrogen-bond acceptors (Lipinski definition) is 12. The molecular weight excluding hydrogens is 408 g/mol. The lowest BCUT2D eigenvalue weighted by Gasteiger charge is -2.05. The van der Waals surface area contributed by atoms with E-state index in [2.05, 4.69) is 56.5 Å². The van der Waals surface area contributed by atoms with E-state index in [9.17, 15) is 0 Å². The Kier molecular flexibility index (Phi) is 6.89. The molecule has 2 N–H and O–H groups in total. The Morgan fingerprint density at radius 3 is 2.06 bits per heavy atom. The van der Waals surface area contributed by atoms with Crippen molar-refractivity contribution in [3.05, 3.63) is 18.3 Å². The number of nitrogens with one attached hydrogen (secondary N) is 2. The van der Waals surface area contributed by atoms with Crippen LogP contribution in [0.5, 0.6) is 0 Å². The predicted molar refractivity (Wildman–Crippen MR) is 103 cm³/mol. The monoisotopic (exact) mass is 428 g/mol. The molecular formula is C16H20N12O3. The zero-order valence-electron chi connectivity index (χ0n) is 16.7. The minimum Gasteiger partial charge on any atom is -0.382 e. The first-order valence-corrected chi connectivity index (χ1v) is 9.38. The van der Waals surface area contributed by atoms with Crippen molar-refractivity contribution >= 4 is 0 Å². The fourth-order valence-corrected chi connectivity index (χ4v) is 2.61. The molecule has 31 heavy (non-hydrogen) atoms. The maximum Gasteiger partial charge on any atom is 0.223 e. The SMILES string of the molecule is COCCOCCOCCn1cc(-c2cc(-c3nn[nH]n3)nc(-c3nn[nH]n3)c2)nn1. The molecule has 0 saturated carbocycles. The van der Waals surface area contributed by atoms with Gasteiger partial charge in [0.2, 0.25) is 11.6 Å². The number of pyridine rings is 1. The first-order valence-electron chi connectivity index (χ1n) is 9.38. The summed E-state index contributed by atoms with van der Waals surface area (Å²) >= 11 is 0. The van der Waals surface area contributed by atoms with E-state index in [4.69, 9.17) is 14.2 Å². The number of aromatic nitrogens is 12. The Hall–Kier alpha value is -3.69. The molecule has 0 spiro atoms. The molecule has 0 unspecified atom stereocenters. The number of hydrogen-bond donors (Lipinski definition) is 2. The number of nitrogens with zero attached hydrogens (tertiary/aromatic N) is 10. The molecule has 0 radical (unpaired) electrons. The number of rotatable bonds is 12. The van der Waals surface area contributed by atoms with Crippen LogP contribution in [0, 0.1) is 0 Å². The predicted octanol–water partition coefficient (Wildman–Crippen LogP) is -0.620. The van der Waals surface area contributed by atoms with E-state index in [0.717, 1.165) is 5.56 Å². The third kappa shape index (κ3) is 5.47. The minimum atomic E-state index is 0.333. The van der Waals surface area contributed by atoms with Gasteiger partial charge in [0, 0.05) is 12.7 Å². The molecule has 0 saturated heterocycles. The summed E-state index contributed by atoms with van der Waals surface area (Å²) in [6.45, 7) is 3.16. The quantitative estimate of drug-likeness (QED) is 0.273. The van der Waals surface area contributed by atoms with Crippen LogP contribution in [0.2, 0.25) is 0 Å². The van der Waals surface area contributed by atoms with Crippen molar-refractivity contribution in [3.8, 4) is 34.3 Å². The van der Waals surface area contributed by atoms with Crippen LogP contribution in [0.25, 0.3) is 34.3 Å². The van der Waals surface area contributed by atoms with E-state index >= 15 is 0 Å². The molecule has 162 valence electrons. The molecule has 4 aromatic rings. The van der Waals surface area contributed by atoms with Crippen LogP contribution < -0.4 is 0 Å². The molecule has 0 bridgehead atoms. The summed E-state index contributed by atoms with van der Waals surface area (Å²) in [5.41, 5.74) is 2.35. The number of H-pyrrole nitrogens is 2. The molecule has 0 fully saturated rings. The molecule has 4 heterocycles. The lowest BCUT2D eigenvalue weighted by atomic mass is 10.1. The Morgan fingerprint density at radius 2 is 1.45 bits per heavy atom. The zero-order valence-corrected chi connectivity index (χ0v) is 16.7. The maximum absolute atomic E-state index is 5.55. The van der Waals surface area contributed by atoms with Crippen molar-refractivity contribution in [2.75, 3.05) is 40.1 Å². The van der Waals surface area contributed by atoms with Gasteiger partial charge in [-0.25, -0.2) is 9.67 Å². The maximum atomic E-state index is 5.55. The van der Waals surface area contributed by atoms with E-state index < -0.39 is 0 Å². The fourth-order valence-electron chi connectivity index (χ4n) is 2.61. The smallest absolute Gasteiger partial charge is 0.223 e. The van der Waals surface area contributed by atoms with Crippen LogP contribution in [-0.2, 0) is 20.8 Å². The van der Waals surface area contributed by atoms with Gasteiger partial charge >= 0.3 is 0 Å². The first kappa shape index (κ1) is 20.6. The molecule has 0 aliphatic carbocycles.